The lowest BCUT2D eigenvalue weighted by atomic mass is 9.96. The SMILES string of the molecule is C=CC(C)c1cc(-c2c(C)nn(C)c2OCC(C)N(C)C(=O)OC(C)(C)C)ncc1C. The average molecular weight is 429 g/mol. The molecule has 0 saturated carbocycles. The van der Waals surface area contributed by atoms with Crippen molar-refractivity contribution in [2.45, 2.75) is 66.0 Å². The molecule has 0 aliphatic rings. The number of amides is 1. The van der Waals surface area contributed by atoms with Gasteiger partial charge in [-0.3, -0.25) is 4.98 Å². The molecule has 0 radical (unpaired) electrons. The van der Waals surface area contributed by atoms with Crippen molar-refractivity contribution in [2.75, 3.05) is 13.7 Å². The highest BCUT2D eigenvalue weighted by atomic mass is 16.6. The zero-order chi connectivity index (χ0) is 23.5. The van der Waals surface area contributed by atoms with Gasteiger partial charge in [0.15, 0.2) is 0 Å². The molecule has 2 aromatic heterocycles. The largest absolute Gasteiger partial charge is 0.475 e. The molecule has 0 aromatic carbocycles. The number of ether oxygens (including phenoxy) is 2. The van der Waals surface area contributed by atoms with Crippen LogP contribution in [-0.4, -0.2) is 51.1 Å². The minimum atomic E-state index is -0.546. The first-order valence-electron chi connectivity index (χ1n) is 10.6. The van der Waals surface area contributed by atoms with Crippen molar-refractivity contribution in [2.24, 2.45) is 7.05 Å². The minimum Gasteiger partial charge on any atom is -0.475 e. The minimum absolute atomic E-state index is 0.194. The summed E-state index contributed by atoms with van der Waals surface area (Å²) in [4.78, 5) is 18.5. The van der Waals surface area contributed by atoms with Crippen molar-refractivity contribution in [3.8, 4) is 17.1 Å². The fraction of sp³-hybridized carbons (Fsp3) is 0.542. The van der Waals surface area contributed by atoms with Crippen molar-refractivity contribution >= 4 is 6.09 Å². The number of aromatic nitrogens is 3. The van der Waals surface area contributed by atoms with Crippen molar-refractivity contribution in [1.29, 1.82) is 0 Å². The predicted molar refractivity (Wildman–Crippen MR) is 123 cm³/mol. The maximum atomic E-state index is 12.3. The van der Waals surface area contributed by atoms with Crippen molar-refractivity contribution in [3.05, 3.63) is 41.7 Å². The zero-order valence-corrected chi connectivity index (χ0v) is 20.3. The van der Waals surface area contributed by atoms with Crippen molar-refractivity contribution < 1.29 is 14.3 Å². The van der Waals surface area contributed by atoms with E-state index in [1.54, 1.807) is 16.6 Å². The number of hydrogen-bond acceptors (Lipinski definition) is 5. The fourth-order valence-electron chi connectivity index (χ4n) is 3.22. The molecule has 170 valence electrons. The van der Waals surface area contributed by atoms with Crippen molar-refractivity contribution in [3.63, 3.8) is 0 Å². The summed E-state index contributed by atoms with van der Waals surface area (Å²) in [5.41, 5.74) is 4.24. The normalized spacial score (nSPS) is 13.5. The van der Waals surface area contributed by atoms with E-state index in [9.17, 15) is 4.79 Å². The Balaban J connectivity index is 2.27. The summed E-state index contributed by atoms with van der Waals surface area (Å²) in [5.74, 6) is 0.834. The summed E-state index contributed by atoms with van der Waals surface area (Å²) in [6, 6.07) is 1.88. The summed E-state index contributed by atoms with van der Waals surface area (Å²) < 4.78 is 13.3. The molecule has 7 nitrogen and oxygen atoms in total. The molecule has 2 unspecified atom stereocenters. The fourth-order valence-corrected chi connectivity index (χ4v) is 3.22. The van der Waals surface area contributed by atoms with E-state index in [-0.39, 0.29) is 18.1 Å². The standard InChI is InChI=1S/C24H36N4O3/c1-11-15(2)19-12-20(25-13-16(19)3)21-18(5)26-28(10)22(21)30-14-17(4)27(9)23(29)31-24(6,7)8/h11-13,15,17H,1,14H2,2-10H3. The lowest BCUT2D eigenvalue weighted by molar-refractivity contribution is 0.0192. The van der Waals surface area contributed by atoms with E-state index in [0.29, 0.717) is 12.5 Å². The molecule has 0 aliphatic heterocycles. The molecule has 0 fully saturated rings. The molecule has 31 heavy (non-hydrogen) atoms. The maximum absolute atomic E-state index is 12.3. The monoisotopic (exact) mass is 428 g/mol. The first-order valence-corrected chi connectivity index (χ1v) is 10.6. The van der Waals surface area contributed by atoms with E-state index < -0.39 is 5.60 Å². The topological polar surface area (TPSA) is 69.5 Å². The van der Waals surface area contributed by atoms with Crippen LogP contribution in [0.3, 0.4) is 0 Å². The van der Waals surface area contributed by atoms with E-state index in [1.165, 1.54) is 5.56 Å². The van der Waals surface area contributed by atoms with Crippen LogP contribution in [0.5, 0.6) is 5.88 Å². The van der Waals surface area contributed by atoms with Gasteiger partial charge in [0.2, 0.25) is 5.88 Å². The number of carbonyl (C=O) groups is 1. The lowest BCUT2D eigenvalue weighted by Gasteiger charge is -2.28. The van der Waals surface area contributed by atoms with E-state index in [4.69, 9.17) is 9.47 Å². The molecule has 2 heterocycles. The Labute approximate surface area is 186 Å². The van der Waals surface area contributed by atoms with Gasteiger partial charge in [-0.05, 0) is 64.7 Å². The van der Waals surface area contributed by atoms with Crippen LogP contribution in [0.2, 0.25) is 0 Å². The Bertz CT molecular complexity index is 943. The number of pyridine rings is 1. The Kier molecular flexibility index (Phi) is 7.52. The van der Waals surface area contributed by atoms with E-state index in [0.717, 1.165) is 22.5 Å². The van der Waals surface area contributed by atoms with E-state index in [2.05, 4.69) is 29.7 Å². The van der Waals surface area contributed by atoms with Gasteiger partial charge in [0.1, 0.15) is 12.2 Å². The highest BCUT2D eigenvalue weighted by Gasteiger charge is 2.25. The van der Waals surface area contributed by atoms with Crippen molar-refractivity contribution in [1.82, 2.24) is 19.7 Å². The summed E-state index contributed by atoms with van der Waals surface area (Å²) in [6.07, 6.45) is 3.42. The second-order valence-corrected chi connectivity index (χ2v) is 9.09. The first-order chi connectivity index (χ1) is 14.4. The third kappa shape index (κ3) is 5.87. The van der Waals surface area contributed by atoms with Crippen LogP contribution >= 0.6 is 0 Å². The van der Waals surface area contributed by atoms with E-state index in [1.807, 2.05) is 60.9 Å². The first kappa shape index (κ1) is 24.4. The number of nitrogens with zero attached hydrogens (tertiary/aromatic N) is 4. The second kappa shape index (κ2) is 9.54. The summed E-state index contributed by atoms with van der Waals surface area (Å²) in [6.45, 7) is 17.8. The van der Waals surface area contributed by atoms with Gasteiger partial charge in [-0.15, -0.1) is 6.58 Å². The van der Waals surface area contributed by atoms with Crippen LogP contribution in [0.4, 0.5) is 4.79 Å². The quantitative estimate of drug-likeness (QED) is 0.579. The Morgan fingerprint density at radius 2 is 1.97 bits per heavy atom. The third-order valence-corrected chi connectivity index (χ3v) is 5.22. The zero-order valence-electron chi connectivity index (χ0n) is 20.3. The molecular formula is C24H36N4O3. The van der Waals surface area contributed by atoms with Gasteiger partial charge in [-0.25, -0.2) is 9.48 Å². The maximum Gasteiger partial charge on any atom is 0.410 e. The summed E-state index contributed by atoms with van der Waals surface area (Å²) >= 11 is 0. The number of rotatable bonds is 7. The molecule has 1 amide bonds. The number of likely N-dealkylation sites (N-methyl/N-ethyl adjacent to an activating group) is 1. The average Bonchev–Trinajstić information content (AvgIpc) is 2.96. The highest BCUT2D eigenvalue weighted by Crippen LogP contribution is 2.34. The molecule has 7 heteroatoms. The number of hydrogen-bond donors (Lipinski definition) is 0. The van der Waals surface area contributed by atoms with Crippen LogP contribution in [0.25, 0.3) is 11.3 Å². The molecular weight excluding hydrogens is 392 g/mol. The molecule has 0 spiro atoms. The van der Waals surface area contributed by atoms with Gasteiger partial charge in [-0.2, -0.15) is 5.10 Å². The Morgan fingerprint density at radius 3 is 2.55 bits per heavy atom. The molecule has 0 aliphatic carbocycles. The van der Waals surface area contributed by atoms with Crippen LogP contribution in [0, 0.1) is 13.8 Å². The number of aryl methyl sites for hydroxylation is 3. The van der Waals surface area contributed by atoms with Gasteiger partial charge in [0.25, 0.3) is 0 Å². The lowest BCUT2D eigenvalue weighted by Crippen LogP contribution is -2.42. The van der Waals surface area contributed by atoms with Crippen LogP contribution in [0.1, 0.15) is 57.4 Å². The van der Waals surface area contributed by atoms with Gasteiger partial charge >= 0.3 is 6.09 Å². The van der Waals surface area contributed by atoms with Gasteiger partial charge in [-0.1, -0.05) is 13.0 Å². The van der Waals surface area contributed by atoms with Gasteiger partial charge < -0.3 is 14.4 Å². The van der Waals surface area contributed by atoms with E-state index >= 15 is 0 Å². The number of allylic oxidation sites excluding steroid dienone is 1. The Morgan fingerprint density at radius 1 is 1.32 bits per heavy atom. The van der Waals surface area contributed by atoms with Crippen LogP contribution in [0.15, 0.2) is 24.9 Å². The molecule has 2 atom stereocenters. The Hall–Kier alpha value is -2.83. The van der Waals surface area contributed by atoms with Crippen LogP contribution < -0.4 is 4.74 Å². The highest BCUT2D eigenvalue weighted by molar-refractivity contribution is 5.69. The molecule has 0 N–H and O–H groups in total. The van der Waals surface area contributed by atoms with Gasteiger partial charge in [0, 0.05) is 20.3 Å². The molecule has 2 aromatic rings. The van der Waals surface area contributed by atoms with Gasteiger partial charge in [0.05, 0.1) is 23.0 Å². The third-order valence-electron chi connectivity index (χ3n) is 5.22. The molecule has 0 saturated heterocycles. The predicted octanol–water partition coefficient (Wildman–Crippen LogP) is 5.02. The number of carbonyl (C=O) groups excluding carboxylic acids is 1. The smallest absolute Gasteiger partial charge is 0.410 e. The second-order valence-electron chi connectivity index (χ2n) is 9.09. The summed E-state index contributed by atoms with van der Waals surface area (Å²) in [5, 5.41) is 4.54. The van der Waals surface area contributed by atoms with Crippen LogP contribution in [-0.2, 0) is 11.8 Å². The summed E-state index contributed by atoms with van der Waals surface area (Å²) in [7, 11) is 3.55. The molecule has 0 bridgehead atoms. The molecule has 2 rings (SSSR count).